The van der Waals surface area contributed by atoms with Crippen molar-refractivity contribution in [2.45, 2.75) is 44.7 Å². The molecule has 1 aromatic heterocycles. The minimum atomic E-state index is -0.544. The molecule has 0 saturated carbocycles. The highest BCUT2D eigenvalue weighted by molar-refractivity contribution is 9.10. The minimum Gasteiger partial charge on any atom is -0.490 e. The fourth-order valence-corrected chi connectivity index (χ4v) is 5.69. The molecule has 0 saturated heterocycles. The van der Waals surface area contributed by atoms with Crippen molar-refractivity contribution < 1.29 is 14.4 Å². The monoisotopic (exact) mass is 596 g/mol. The molecule has 198 valence electrons. The molecule has 0 spiro atoms. The van der Waals surface area contributed by atoms with E-state index in [1.54, 1.807) is 0 Å². The van der Waals surface area contributed by atoms with Gasteiger partial charge in [0.05, 0.1) is 11.1 Å². The molecule has 10 heteroatoms. The van der Waals surface area contributed by atoms with E-state index in [9.17, 15) is 10.1 Å². The van der Waals surface area contributed by atoms with Crippen molar-refractivity contribution in [2.24, 2.45) is 0 Å². The number of nitrogens with zero attached hydrogens (tertiary/aromatic N) is 4. The third-order valence-electron chi connectivity index (χ3n) is 6.04. The van der Waals surface area contributed by atoms with Gasteiger partial charge in [0.25, 0.3) is 0 Å². The van der Waals surface area contributed by atoms with Crippen LogP contribution in [0.5, 0.6) is 11.5 Å². The molecular weight excluding hydrogens is 568 g/mol. The average molecular weight is 598 g/mol. The van der Waals surface area contributed by atoms with Crippen molar-refractivity contribution in [3.05, 3.63) is 103 Å². The number of aromatic nitrogens is 3. The van der Waals surface area contributed by atoms with Gasteiger partial charge in [-0.1, -0.05) is 48.2 Å². The maximum Gasteiger partial charge on any atom is 0.220 e. The Labute approximate surface area is 234 Å². The molecule has 0 radical (unpaired) electrons. The van der Waals surface area contributed by atoms with Gasteiger partial charge in [0.1, 0.15) is 17.7 Å². The molecule has 8 nitrogen and oxygen atoms in total. The normalized spacial score (nSPS) is 11.8. The molecule has 3 aromatic carbocycles. The van der Waals surface area contributed by atoms with E-state index in [4.69, 9.17) is 9.47 Å². The third kappa shape index (κ3) is 6.54. The summed E-state index contributed by atoms with van der Waals surface area (Å²) in [5, 5.41) is 20.4. The molecule has 0 aliphatic rings. The Hall–Kier alpha value is -3.37. The van der Waals surface area contributed by atoms with E-state index in [0.717, 1.165) is 22.4 Å². The second-order valence-corrected chi connectivity index (χ2v) is 10.8. The van der Waals surface area contributed by atoms with Gasteiger partial charge in [-0.25, -0.2) is 0 Å². The summed E-state index contributed by atoms with van der Waals surface area (Å²) in [6.07, 6.45) is 0. The molecule has 4 aromatic rings. The standard InChI is InChI=1S/C28H29BrN4O4S/c1-5-36-25-15-22(14-24(29)27(25)37-17-21-9-7-6-8-10-21)26(16-32(34)35)38-28-31-30-20(4)33(28)23-12-11-18(2)19(3)13-23/h6-15,26H,5,16-17H2,1-4H3/t26-/m0/s1. The second-order valence-electron chi connectivity index (χ2n) is 8.79. The lowest BCUT2D eigenvalue weighted by Crippen LogP contribution is -2.12. The van der Waals surface area contributed by atoms with Crippen LogP contribution >= 0.6 is 27.7 Å². The Bertz CT molecular complexity index is 1430. The van der Waals surface area contributed by atoms with Crippen molar-refractivity contribution in [1.82, 2.24) is 14.8 Å². The van der Waals surface area contributed by atoms with Crippen molar-refractivity contribution in [2.75, 3.05) is 13.2 Å². The predicted octanol–water partition coefficient (Wildman–Crippen LogP) is 7.04. The lowest BCUT2D eigenvalue weighted by Gasteiger charge is -2.19. The van der Waals surface area contributed by atoms with Crippen LogP contribution in [-0.2, 0) is 6.61 Å². The van der Waals surface area contributed by atoms with Crippen molar-refractivity contribution in [3.8, 4) is 17.2 Å². The van der Waals surface area contributed by atoms with Crippen LogP contribution in [0.1, 0.15) is 40.3 Å². The van der Waals surface area contributed by atoms with Crippen LogP contribution in [0.3, 0.4) is 0 Å². The summed E-state index contributed by atoms with van der Waals surface area (Å²) in [6, 6.07) is 19.6. The van der Waals surface area contributed by atoms with Gasteiger partial charge in [-0.05, 0) is 90.1 Å². The van der Waals surface area contributed by atoms with Crippen molar-refractivity contribution in [3.63, 3.8) is 0 Å². The van der Waals surface area contributed by atoms with E-state index >= 15 is 0 Å². The highest BCUT2D eigenvalue weighted by Crippen LogP contribution is 2.43. The average Bonchev–Trinajstić information content (AvgIpc) is 3.25. The van der Waals surface area contributed by atoms with Crippen LogP contribution in [-0.4, -0.2) is 32.8 Å². The lowest BCUT2D eigenvalue weighted by atomic mass is 10.1. The first-order valence-electron chi connectivity index (χ1n) is 12.2. The number of halogens is 1. The van der Waals surface area contributed by atoms with Gasteiger partial charge in [0, 0.05) is 10.6 Å². The summed E-state index contributed by atoms with van der Waals surface area (Å²) < 4.78 is 14.6. The van der Waals surface area contributed by atoms with E-state index in [1.807, 2.05) is 73.0 Å². The summed E-state index contributed by atoms with van der Waals surface area (Å²) in [5.74, 6) is 1.78. The molecule has 0 amide bonds. The maximum atomic E-state index is 11.7. The number of benzene rings is 3. The third-order valence-corrected chi connectivity index (χ3v) is 7.81. The smallest absolute Gasteiger partial charge is 0.220 e. The minimum absolute atomic E-state index is 0.300. The first-order valence-corrected chi connectivity index (χ1v) is 13.8. The number of nitro groups is 1. The second kappa shape index (κ2) is 12.4. The zero-order valence-corrected chi connectivity index (χ0v) is 24.1. The molecule has 0 fully saturated rings. The number of ether oxygens (including phenoxy) is 2. The summed E-state index contributed by atoms with van der Waals surface area (Å²) in [5.41, 5.74) is 4.99. The molecule has 0 bridgehead atoms. The molecule has 0 unspecified atom stereocenters. The summed E-state index contributed by atoms with van der Waals surface area (Å²) in [4.78, 5) is 11.4. The SMILES string of the molecule is CCOc1cc([C@H](C[N+](=O)[O-])Sc2nnc(C)n2-c2ccc(C)c(C)c2)cc(Br)c1OCc1ccccc1. The van der Waals surface area contributed by atoms with Gasteiger partial charge in [0.15, 0.2) is 16.7 Å². The van der Waals surface area contributed by atoms with Gasteiger partial charge < -0.3 is 9.47 Å². The Morgan fingerprint density at radius 1 is 1.03 bits per heavy atom. The maximum absolute atomic E-state index is 11.7. The number of rotatable bonds is 11. The van der Waals surface area contributed by atoms with E-state index < -0.39 is 5.25 Å². The fraction of sp³-hybridized carbons (Fsp3) is 0.286. The molecule has 0 aliphatic heterocycles. The molecule has 1 atom stereocenters. The largest absolute Gasteiger partial charge is 0.490 e. The van der Waals surface area contributed by atoms with Gasteiger partial charge in [-0.3, -0.25) is 14.7 Å². The first kappa shape index (κ1) is 27.7. The number of hydrogen-bond donors (Lipinski definition) is 0. The topological polar surface area (TPSA) is 92.3 Å². The fourth-order valence-electron chi connectivity index (χ4n) is 3.96. The van der Waals surface area contributed by atoms with Crippen molar-refractivity contribution in [1.29, 1.82) is 0 Å². The molecule has 38 heavy (non-hydrogen) atoms. The van der Waals surface area contributed by atoms with Crippen LogP contribution < -0.4 is 9.47 Å². The Kier molecular flexibility index (Phi) is 9.06. The summed E-state index contributed by atoms with van der Waals surface area (Å²) in [7, 11) is 0. The predicted molar refractivity (Wildman–Crippen MR) is 152 cm³/mol. The Morgan fingerprint density at radius 2 is 1.79 bits per heavy atom. The van der Waals surface area contributed by atoms with E-state index in [0.29, 0.717) is 40.2 Å². The van der Waals surface area contributed by atoms with Crippen LogP contribution in [0, 0.1) is 30.9 Å². The van der Waals surface area contributed by atoms with E-state index in [1.165, 1.54) is 17.3 Å². The lowest BCUT2D eigenvalue weighted by molar-refractivity contribution is -0.479. The van der Waals surface area contributed by atoms with E-state index in [2.05, 4.69) is 46.0 Å². The molecule has 0 aliphatic carbocycles. The zero-order valence-electron chi connectivity index (χ0n) is 21.7. The van der Waals surface area contributed by atoms with Crippen LogP contribution in [0.4, 0.5) is 0 Å². The molecule has 1 heterocycles. The number of aryl methyl sites for hydroxylation is 3. The molecular formula is C28H29BrN4O4S. The van der Waals surface area contributed by atoms with Crippen LogP contribution in [0.2, 0.25) is 0 Å². The highest BCUT2D eigenvalue weighted by Gasteiger charge is 2.26. The Morgan fingerprint density at radius 3 is 2.47 bits per heavy atom. The van der Waals surface area contributed by atoms with Gasteiger partial charge in [-0.2, -0.15) is 0 Å². The number of thioether (sulfide) groups is 1. The Balaban J connectivity index is 1.68. The van der Waals surface area contributed by atoms with Gasteiger partial charge in [-0.15, -0.1) is 10.2 Å². The van der Waals surface area contributed by atoms with Crippen LogP contribution in [0.25, 0.3) is 5.69 Å². The van der Waals surface area contributed by atoms with Gasteiger partial charge >= 0.3 is 0 Å². The molecule has 0 N–H and O–H groups in total. The first-order chi connectivity index (χ1) is 18.3. The quantitative estimate of drug-likeness (QED) is 0.104. The van der Waals surface area contributed by atoms with Gasteiger partial charge in [0.2, 0.25) is 6.54 Å². The summed E-state index contributed by atoms with van der Waals surface area (Å²) >= 11 is 4.92. The molecule has 4 rings (SSSR count). The summed E-state index contributed by atoms with van der Waals surface area (Å²) in [6.45, 7) is 8.36. The number of hydrogen-bond acceptors (Lipinski definition) is 7. The zero-order chi connectivity index (χ0) is 27.2. The highest BCUT2D eigenvalue weighted by atomic mass is 79.9. The van der Waals surface area contributed by atoms with Crippen LogP contribution in [0.15, 0.2) is 70.3 Å². The van der Waals surface area contributed by atoms with Crippen molar-refractivity contribution >= 4 is 27.7 Å². The van der Waals surface area contributed by atoms with E-state index in [-0.39, 0.29) is 11.5 Å².